The first-order valence-electron chi connectivity index (χ1n) is 7.34. The van der Waals surface area contributed by atoms with Crippen molar-refractivity contribution in [2.75, 3.05) is 13.1 Å². The summed E-state index contributed by atoms with van der Waals surface area (Å²) in [5.41, 5.74) is 6.45. The van der Waals surface area contributed by atoms with E-state index >= 15 is 0 Å². The normalized spacial score (nSPS) is 26.2. The molecule has 0 radical (unpaired) electrons. The highest BCUT2D eigenvalue weighted by atomic mass is 32.1. The van der Waals surface area contributed by atoms with Crippen LogP contribution in [0.1, 0.15) is 55.3 Å². The second-order valence-corrected chi connectivity index (χ2v) is 6.50. The largest absolute Gasteiger partial charge is 0.326 e. The highest BCUT2D eigenvalue weighted by molar-refractivity contribution is 7.12. The lowest BCUT2D eigenvalue weighted by atomic mass is 10.0. The van der Waals surface area contributed by atoms with Crippen LogP contribution in [0, 0.1) is 0 Å². The van der Waals surface area contributed by atoms with Gasteiger partial charge in [-0.3, -0.25) is 4.90 Å². The zero-order valence-corrected chi connectivity index (χ0v) is 12.5. The maximum Gasteiger partial charge on any atom is 0.0593 e. The van der Waals surface area contributed by atoms with E-state index in [4.69, 9.17) is 5.73 Å². The van der Waals surface area contributed by atoms with Gasteiger partial charge in [0, 0.05) is 15.8 Å². The average Bonchev–Trinajstić information content (AvgIpc) is 2.76. The predicted molar refractivity (Wildman–Crippen MR) is 80.1 cm³/mol. The van der Waals surface area contributed by atoms with E-state index in [0.29, 0.717) is 12.1 Å². The number of rotatable bonds is 4. The molecule has 0 saturated carbocycles. The molecule has 1 aliphatic heterocycles. The highest BCUT2D eigenvalue weighted by Gasteiger charge is 2.29. The molecule has 0 aromatic carbocycles. The fourth-order valence-corrected chi connectivity index (χ4v) is 4.10. The van der Waals surface area contributed by atoms with Crippen LogP contribution in [0.3, 0.4) is 0 Å². The number of thiophene rings is 1. The summed E-state index contributed by atoms with van der Waals surface area (Å²) >= 11 is 1.96. The average molecular weight is 266 g/mol. The summed E-state index contributed by atoms with van der Waals surface area (Å²) in [5, 5.41) is 0. The Bertz CT molecular complexity index is 361. The van der Waals surface area contributed by atoms with Crippen molar-refractivity contribution in [3.8, 4) is 0 Å². The third-order valence-corrected chi connectivity index (χ3v) is 5.17. The van der Waals surface area contributed by atoms with Crippen LogP contribution >= 0.6 is 11.3 Å². The fourth-order valence-electron chi connectivity index (χ4n) is 2.94. The predicted octanol–water partition coefficient (Wildman–Crippen LogP) is 3.57. The molecular weight excluding hydrogens is 240 g/mol. The molecule has 2 atom stereocenters. The third-order valence-electron chi connectivity index (χ3n) is 3.86. The van der Waals surface area contributed by atoms with Gasteiger partial charge in [0.1, 0.15) is 0 Å². The van der Waals surface area contributed by atoms with Crippen molar-refractivity contribution in [1.29, 1.82) is 0 Å². The standard InChI is InChI=1S/C15H26N2S/c1-3-10-17-11-6-5-7-13(16)15(17)14-9-8-12(4-2)18-14/h8-9,13,15H,3-7,10-11,16H2,1-2H3. The minimum Gasteiger partial charge on any atom is -0.326 e. The summed E-state index contributed by atoms with van der Waals surface area (Å²) in [6, 6.07) is 5.35. The van der Waals surface area contributed by atoms with Gasteiger partial charge in [0.15, 0.2) is 0 Å². The van der Waals surface area contributed by atoms with Gasteiger partial charge in [-0.1, -0.05) is 20.3 Å². The van der Waals surface area contributed by atoms with Crippen LogP contribution < -0.4 is 5.73 Å². The van der Waals surface area contributed by atoms with Crippen molar-refractivity contribution in [1.82, 2.24) is 4.90 Å². The van der Waals surface area contributed by atoms with Crippen LogP contribution in [-0.4, -0.2) is 24.0 Å². The van der Waals surface area contributed by atoms with Gasteiger partial charge >= 0.3 is 0 Å². The van der Waals surface area contributed by atoms with Crippen molar-refractivity contribution in [2.45, 2.75) is 58.0 Å². The Hall–Kier alpha value is -0.380. The molecule has 18 heavy (non-hydrogen) atoms. The van der Waals surface area contributed by atoms with Crippen molar-refractivity contribution >= 4 is 11.3 Å². The van der Waals surface area contributed by atoms with Crippen LogP contribution in [0.4, 0.5) is 0 Å². The highest BCUT2D eigenvalue weighted by Crippen LogP contribution is 2.34. The van der Waals surface area contributed by atoms with Crippen LogP contribution in [0.15, 0.2) is 12.1 Å². The summed E-state index contributed by atoms with van der Waals surface area (Å²) in [6.07, 6.45) is 6.11. The zero-order valence-electron chi connectivity index (χ0n) is 11.7. The molecule has 3 heteroatoms. The minimum atomic E-state index is 0.308. The molecule has 2 unspecified atom stereocenters. The van der Waals surface area contributed by atoms with Crippen molar-refractivity contribution in [3.63, 3.8) is 0 Å². The first kappa shape index (κ1) is 14.0. The van der Waals surface area contributed by atoms with Crippen LogP contribution in [0.5, 0.6) is 0 Å². The Morgan fingerprint density at radius 3 is 2.83 bits per heavy atom. The molecule has 2 rings (SSSR count). The Morgan fingerprint density at radius 1 is 1.33 bits per heavy atom. The first-order valence-corrected chi connectivity index (χ1v) is 8.16. The molecule has 1 aromatic rings. The van der Waals surface area contributed by atoms with Gasteiger partial charge in [-0.05, 0) is 50.9 Å². The van der Waals surface area contributed by atoms with Gasteiger partial charge in [-0.25, -0.2) is 0 Å². The second-order valence-electron chi connectivity index (χ2n) is 5.30. The molecule has 1 fully saturated rings. The number of hydrogen-bond acceptors (Lipinski definition) is 3. The van der Waals surface area contributed by atoms with E-state index in [0.717, 1.165) is 6.42 Å². The maximum atomic E-state index is 6.45. The molecule has 2 N–H and O–H groups in total. The Morgan fingerprint density at radius 2 is 2.17 bits per heavy atom. The Labute approximate surface area is 115 Å². The minimum absolute atomic E-state index is 0.308. The molecule has 1 aliphatic rings. The molecule has 102 valence electrons. The van der Waals surface area contributed by atoms with E-state index in [1.54, 1.807) is 0 Å². The third kappa shape index (κ3) is 3.14. The molecule has 1 aromatic heterocycles. The first-order chi connectivity index (χ1) is 8.76. The monoisotopic (exact) mass is 266 g/mol. The lowest BCUT2D eigenvalue weighted by Crippen LogP contribution is -2.39. The van der Waals surface area contributed by atoms with Gasteiger partial charge in [-0.2, -0.15) is 0 Å². The summed E-state index contributed by atoms with van der Waals surface area (Å²) in [6.45, 7) is 6.88. The quantitative estimate of drug-likeness (QED) is 0.902. The van der Waals surface area contributed by atoms with E-state index in [2.05, 4.69) is 30.9 Å². The molecule has 1 saturated heterocycles. The van der Waals surface area contributed by atoms with E-state index in [-0.39, 0.29) is 0 Å². The van der Waals surface area contributed by atoms with Gasteiger partial charge in [0.2, 0.25) is 0 Å². The number of nitrogens with two attached hydrogens (primary N) is 1. The second kappa shape index (κ2) is 6.69. The summed E-state index contributed by atoms with van der Waals surface area (Å²) in [5.74, 6) is 0. The van der Waals surface area contributed by atoms with Gasteiger partial charge in [0.05, 0.1) is 6.04 Å². The fraction of sp³-hybridized carbons (Fsp3) is 0.733. The molecule has 2 nitrogen and oxygen atoms in total. The molecule has 0 spiro atoms. The van der Waals surface area contributed by atoms with Gasteiger partial charge in [-0.15, -0.1) is 11.3 Å². The molecular formula is C15H26N2S. The molecule has 0 bridgehead atoms. The summed E-state index contributed by atoms with van der Waals surface area (Å²) in [4.78, 5) is 5.58. The number of likely N-dealkylation sites (tertiary alicyclic amines) is 1. The van der Waals surface area contributed by atoms with Crippen LogP contribution in [0.2, 0.25) is 0 Å². The van der Waals surface area contributed by atoms with Crippen LogP contribution in [-0.2, 0) is 6.42 Å². The zero-order chi connectivity index (χ0) is 13.0. The Kier molecular flexibility index (Phi) is 5.22. The lowest BCUT2D eigenvalue weighted by Gasteiger charge is -2.32. The number of nitrogens with zero attached hydrogens (tertiary/aromatic N) is 1. The SMILES string of the molecule is CCCN1CCCCC(N)C1c1ccc(CC)s1. The molecule has 0 aliphatic carbocycles. The van der Waals surface area contributed by atoms with Gasteiger partial charge in [0.25, 0.3) is 0 Å². The lowest BCUT2D eigenvalue weighted by molar-refractivity contribution is 0.189. The van der Waals surface area contributed by atoms with Crippen LogP contribution in [0.25, 0.3) is 0 Å². The van der Waals surface area contributed by atoms with Gasteiger partial charge < -0.3 is 5.73 Å². The summed E-state index contributed by atoms with van der Waals surface area (Å²) in [7, 11) is 0. The van der Waals surface area contributed by atoms with E-state index in [9.17, 15) is 0 Å². The van der Waals surface area contributed by atoms with E-state index in [1.165, 1.54) is 48.5 Å². The summed E-state index contributed by atoms with van der Waals surface area (Å²) < 4.78 is 0. The number of aryl methyl sites for hydroxylation is 1. The molecule has 2 heterocycles. The van der Waals surface area contributed by atoms with Crippen molar-refractivity contribution in [2.24, 2.45) is 5.73 Å². The number of hydrogen-bond donors (Lipinski definition) is 1. The molecule has 0 amide bonds. The van der Waals surface area contributed by atoms with Crippen molar-refractivity contribution < 1.29 is 0 Å². The van der Waals surface area contributed by atoms with Crippen molar-refractivity contribution in [3.05, 3.63) is 21.9 Å². The Balaban J connectivity index is 2.21. The maximum absolute atomic E-state index is 6.45. The van der Waals surface area contributed by atoms with E-state index in [1.807, 2.05) is 11.3 Å². The van der Waals surface area contributed by atoms with E-state index < -0.39 is 0 Å². The smallest absolute Gasteiger partial charge is 0.0593 e. The topological polar surface area (TPSA) is 29.3 Å².